The molecule has 3 aromatic rings. The highest BCUT2D eigenvalue weighted by molar-refractivity contribution is 7.98. The van der Waals surface area contributed by atoms with Crippen molar-refractivity contribution in [1.29, 1.82) is 0 Å². The van der Waals surface area contributed by atoms with Crippen LogP contribution in [0.5, 0.6) is 0 Å². The Hall–Kier alpha value is -2.19. The molecule has 7 nitrogen and oxygen atoms in total. The van der Waals surface area contributed by atoms with Crippen molar-refractivity contribution in [2.24, 2.45) is 0 Å². The van der Waals surface area contributed by atoms with Gasteiger partial charge in [-0.15, -0.1) is 0 Å². The zero-order valence-electron chi connectivity index (χ0n) is 13.1. The van der Waals surface area contributed by atoms with Gasteiger partial charge in [0.2, 0.25) is 0 Å². The van der Waals surface area contributed by atoms with Crippen LogP contribution in [0.1, 0.15) is 10.5 Å². The zero-order chi connectivity index (χ0) is 16.6. The van der Waals surface area contributed by atoms with E-state index in [0.29, 0.717) is 34.7 Å². The number of aromatic nitrogens is 4. The number of hydrogen-bond acceptors (Lipinski definition) is 6. The van der Waals surface area contributed by atoms with Gasteiger partial charge in [-0.1, -0.05) is 17.8 Å². The highest BCUT2D eigenvalue weighted by Gasteiger charge is 2.20. The molecule has 0 aliphatic carbocycles. The molecule has 0 radical (unpaired) electrons. The predicted octanol–water partition coefficient (Wildman–Crippen LogP) is 1.96. The van der Waals surface area contributed by atoms with Crippen molar-refractivity contribution in [3.63, 3.8) is 0 Å². The summed E-state index contributed by atoms with van der Waals surface area (Å²) < 4.78 is 1.55. The number of likely N-dealkylation sites (N-methyl/N-ethyl adjacent to an activating group) is 1. The van der Waals surface area contributed by atoms with Crippen molar-refractivity contribution in [3.8, 4) is 0 Å². The molecule has 0 bridgehead atoms. The van der Waals surface area contributed by atoms with Crippen LogP contribution in [0.2, 0.25) is 0 Å². The number of aromatic carboxylic acids is 1. The maximum atomic E-state index is 11.7. The summed E-state index contributed by atoms with van der Waals surface area (Å²) in [6, 6.07) is 3.62. The minimum absolute atomic E-state index is 0.202. The summed E-state index contributed by atoms with van der Waals surface area (Å²) in [5, 5.41) is 16.2. The van der Waals surface area contributed by atoms with Gasteiger partial charge in [-0.05, 0) is 26.4 Å². The van der Waals surface area contributed by atoms with E-state index in [1.165, 1.54) is 11.8 Å². The molecule has 3 rings (SSSR count). The van der Waals surface area contributed by atoms with Gasteiger partial charge in [0.05, 0.1) is 6.54 Å². The SMILES string of the molecule is CSc1ncc2ccc3c(C(=O)O)n(CCN(C)C)nc3c2n1. The number of fused-ring (bicyclic) bond motifs is 3. The Morgan fingerprint density at radius 3 is 2.78 bits per heavy atom. The number of benzene rings is 1. The van der Waals surface area contributed by atoms with E-state index in [4.69, 9.17) is 0 Å². The van der Waals surface area contributed by atoms with Gasteiger partial charge in [0.1, 0.15) is 11.0 Å². The monoisotopic (exact) mass is 331 g/mol. The fourth-order valence-electron chi connectivity index (χ4n) is 2.45. The van der Waals surface area contributed by atoms with Crippen LogP contribution in [0.3, 0.4) is 0 Å². The first-order valence-electron chi connectivity index (χ1n) is 7.09. The molecule has 0 fully saturated rings. The first-order valence-corrected chi connectivity index (χ1v) is 8.32. The van der Waals surface area contributed by atoms with Gasteiger partial charge in [-0.25, -0.2) is 14.8 Å². The van der Waals surface area contributed by atoms with Crippen molar-refractivity contribution >= 4 is 39.5 Å². The number of carboxylic acids is 1. The number of carbonyl (C=O) groups is 1. The summed E-state index contributed by atoms with van der Waals surface area (Å²) in [6.45, 7) is 1.21. The van der Waals surface area contributed by atoms with Crippen LogP contribution in [-0.4, -0.2) is 62.6 Å². The maximum Gasteiger partial charge on any atom is 0.354 e. The zero-order valence-corrected chi connectivity index (χ0v) is 14.0. The van der Waals surface area contributed by atoms with Gasteiger partial charge in [-0.3, -0.25) is 4.68 Å². The second kappa shape index (κ2) is 6.13. The molecular formula is C15H17N5O2S. The van der Waals surface area contributed by atoms with Crippen molar-refractivity contribution in [3.05, 3.63) is 24.0 Å². The summed E-state index contributed by atoms with van der Waals surface area (Å²) in [7, 11) is 3.88. The lowest BCUT2D eigenvalue weighted by atomic mass is 10.1. The molecule has 0 saturated carbocycles. The van der Waals surface area contributed by atoms with E-state index in [1.807, 2.05) is 31.3 Å². The molecule has 0 aliphatic heterocycles. The summed E-state index contributed by atoms with van der Waals surface area (Å²) in [5.41, 5.74) is 1.50. The van der Waals surface area contributed by atoms with E-state index in [0.717, 1.165) is 5.39 Å². The van der Waals surface area contributed by atoms with Crippen LogP contribution in [0, 0.1) is 0 Å². The molecule has 0 amide bonds. The molecule has 2 heterocycles. The number of nitrogens with zero attached hydrogens (tertiary/aromatic N) is 5. The average molecular weight is 331 g/mol. The first kappa shape index (κ1) is 15.7. The van der Waals surface area contributed by atoms with Crippen molar-refractivity contribution in [1.82, 2.24) is 24.6 Å². The molecule has 1 N–H and O–H groups in total. The molecular weight excluding hydrogens is 314 g/mol. The maximum absolute atomic E-state index is 11.7. The van der Waals surface area contributed by atoms with Crippen molar-refractivity contribution < 1.29 is 9.90 Å². The molecule has 0 spiro atoms. The minimum atomic E-state index is -0.982. The molecule has 0 unspecified atom stereocenters. The molecule has 0 aliphatic rings. The van der Waals surface area contributed by atoms with Crippen LogP contribution >= 0.6 is 11.8 Å². The standard InChI is InChI=1S/C15H17N5O2S/c1-19(2)6-7-20-13(14(21)22)10-5-4-9-8-16-15(23-3)17-11(9)12(10)18-20/h4-5,8H,6-7H2,1-3H3,(H,21,22). The third kappa shape index (κ3) is 2.87. The Morgan fingerprint density at radius 2 is 2.13 bits per heavy atom. The molecule has 120 valence electrons. The summed E-state index contributed by atoms with van der Waals surface area (Å²) in [6.07, 6.45) is 3.65. The number of thioether (sulfide) groups is 1. The second-order valence-electron chi connectivity index (χ2n) is 5.44. The Morgan fingerprint density at radius 1 is 1.35 bits per heavy atom. The molecule has 1 aromatic carbocycles. The first-order chi connectivity index (χ1) is 11.0. The lowest BCUT2D eigenvalue weighted by Gasteiger charge is -2.10. The van der Waals surface area contributed by atoms with E-state index in [2.05, 4.69) is 15.1 Å². The van der Waals surface area contributed by atoms with Crippen LogP contribution in [0.15, 0.2) is 23.5 Å². The van der Waals surface area contributed by atoms with Gasteiger partial charge in [0, 0.05) is 23.5 Å². The van der Waals surface area contributed by atoms with Crippen LogP contribution in [-0.2, 0) is 6.54 Å². The fourth-order valence-corrected chi connectivity index (χ4v) is 2.79. The van der Waals surface area contributed by atoms with Crippen LogP contribution in [0.25, 0.3) is 21.8 Å². The quantitative estimate of drug-likeness (QED) is 0.565. The van der Waals surface area contributed by atoms with Crippen LogP contribution in [0.4, 0.5) is 0 Å². The predicted molar refractivity (Wildman–Crippen MR) is 90.1 cm³/mol. The second-order valence-corrected chi connectivity index (χ2v) is 6.21. The van der Waals surface area contributed by atoms with Gasteiger partial charge >= 0.3 is 5.97 Å². The smallest absolute Gasteiger partial charge is 0.354 e. The van der Waals surface area contributed by atoms with Gasteiger partial charge in [0.15, 0.2) is 10.9 Å². The van der Waals surface area contributed by atoms with Gasteiger partial charge in [-0.2, -0.15) is 5.10 Å². The molecule has 2 aromatic heterocycles. The third-order valence-corrected chi connectivity index (χ3v) is 4.14. The Labute approximate surface area is 137 Å². The molecule has 0 saturated heterocycles. The topological polar surface area (TPSA) is 84.1 Å². The summed E-state index contributed by atoms with van der Waals surface area (Å²) in [5.74, 6) is -0.982. The lowest BCUT2D eigenvalue weighted by molar-refractivity contribution is 0.0684. The van der Waals surface area contributed by atoms with E-state index >= 15 is 0 Å². The third-order valence-electron chi connectivity index (χ3n) is 3.58. The average Bonchev–Trinajstić information content (AvgIpc) is 2.91. The van der Waals surface area contributed by atoms with Gasteiger partial charge < -0.3 is 10.0 Å². The molecule has 0 atom stereocenters. The Kier molecular flexibility index (Phi) is 4.18. The largest absolute Gasteiger partial charge is 0.477 e. The van der Waals surface area contributed by atoms with E-state index in [9.17, 15) is 9.90 Å². The number of hydrogen-bond donors (Lipinski definition) is 1. The normalized spacial score (nSPS) is 11.7. The fraction of sp³-hybridized carbons (Fsp3) is 0.333. The lowest BCUT2D eigenvalue weighted by Crippen LogP contribution is -2.21. The summed E-state index contributed by atoms with van der Waals surface area (Å²) in [4.78, 5) is 22.4. The van der Waals surface area contributed by atoms with Gasteiger partial charge in [0.25, 0.3) is 0 Å². The molecule has 8 heteroatoms. The van der Waals surface area contributed by atoms with Crippen molar-refractivity contribution in [2.45, 2.75) is 11.7 Å². The number of carboxylic acid groups (broad SMARTS) is 1. The van der Waals surface area contributed by atoms with E-state index in [-0.39, 0.29) is 5.69 Å². The summed E-state index contributed by atoms with van der Waals surface area (Å²) >= 11 is 1.44. The minimum Gasteiger partial charge on any atom is -0.477 e. The van der Waals surface area contributed by atoms with E-state index in [1.54, 1.807) is 16.9 Å². The highest BCUT2D eigenvalue weighted by atomic mass is 32.2. The molecule has 23 heavy (non-hydrogen) atoms. The highest BCUT2D eigenvalue weighted by Crippen LogP contribution is 2.27. The van der Waals surface area contributed by atoms with Crippen molar-refractivity contribution in [2.75, 3.05) is 26.9 Å². The Bertz CT molecular complexity index is 890. The number of rotatable bonds is 5. The Balaban J connectivity index is 2.26. The van der Waals surface area contributed by atoms with Crippen LogP contribution < -0.4 is 0 Å². The van der Waals surface area contributed by atoms with E-state index < -0.39 is 5.97 Å².